The number of hydrogen-bond donors (Lipinski definition) is 1. The molecule has 0 aliphatic heterocycles. The Morgan fingerprint density at radius 1 is 1.12 bits per heavy atom. The van der Waals surface area contributed by atoms with Gasteiger partial charge in [-0.3, -0.25) is 0 Å². The van der Waals surface area contributed by atoms with Crippen LogP contribution in [-0.2, 0) is 6.42 Å². The first-order chi connectivity index (χ1) is 8.02. The van der Waals surface area contributed by atoms with Gasteiger partial charge in [0.1, 0.15) is 0 Å². The van der Waals surface area contributed by atoms with Gasteiger partial charge in [0.25, 0.3) is 0 Å². The average molecular weight is 233 g/mol. The third kappa shape index (κ3) is 4.91. The van der Waals surface area contributed by atoms with E-state index in [4.69, 9.17) is 0 Å². The fourth-order valence-electron chi connectivity index (χ4n) is 2.46. The largest absolute Gasteiger partial charge is 0.319 e. The highest BCUT2D eigenvalue weighted by atomic mass is 14.8. The number of benzene rings is 1. The molecule has 0 heterocycles. The van der Waals surface area contributed by atoms with Gasteiger partial charge >= 0.3 is 0 Å². The minimum atomic E-state index is 0.752. The number of rotatable bonds is 6. The van der Waals surface area contributed by atoms with Crippen LogP contribution in [0.2, 0.25) is 0 Å². The lowest BCUT2D eigenvalue weighted by molar-refractivity contribution is 0.395. The molecule has 1 heteroatoms. The maximum absolute atomic E-state index is 3.32. The third-order valence-electron chi connectivity index (χ3n) is 3.39. The zero-order chi connectivity index (χ0) is 12.8. The molecule has 0 aliphatic rings. The predicted octanol–water partition coefficient (Wildman–Crippen LogP) is 3.73. The lowest BCUT2D eigenvalue weighted by Gasteiger charge is -2.19. The number of nitrogens with one attached hydrogen (secondary N) is 1. The van der Waals surface area contributed by atoms with Crippen molar-refractivity contribution in [2.45, 2.75) is 40.5 Å². The summed E-state index contributed by atoms with van der Waals surface area (Å²) in [4.78, 5) is 0. The molecule has 1 rings (SSSR count). The smallest absolute Gasteiger partial charge is 0.00202 e. The SMILES string of the molecule is CNCC(Cc1ccc(C)c(C)c1)CC(C)C. The number of aryl methyl sites for hydroxylation is 2. The van der Waals surface area contributed by atoms with Crippen molar-refractivity contribution in [2.24, 2.45) is 11.8 Å². The summed E-state index contributed by atoms with van der Waals surface area (Å²) in [5, 5.41) is 3.32. The molecule has 1 aromatic carbocycles. The highest BCUT2D eigenvalue weighted by Crippen LogP contribution is 2.18. The van der Waals surface area contributed by atoms with Crippen molar-refractivity contribution < 1.29 is 0 Å². The second-order valence-electron chi connectivity index (χ2n) is 5.68. The van der Waals surface area contributed by atoms with Gasteiger partial charge in [0.15, 0.2) is 0 Å². The van der Waals surface area contributed by atoms with Crippen LogP contribution in [0.3, 0.4) is 0 Å². The number of hydrogen-bond acceptors (Lipinski definition) is 1. The summed E-state index contributed by atoms with van der Waals surface area (Å²) in [6, 6.07) is 6.88. The van der Waals surface area contributed by atoms with Gasteiger partial charge in [-0.1, -0.05) is 32.0 Å². The van der Waals surface area contributed by atoms with E-state index >= 15 is 0 Å². The van der Waals surface area contributed by atoms with Crippen molar-refractivity contribution in [2.75, 3.05) is 13.6 Å². The zero-order valence-electron chi connectivity index (χ0n) is 12.0. The fraction of sp³-hybridized carbons (Fsp3) is 0.625. The van der Waals surface area contributed by atoms with E-state index in [9.17, 15) is 0 Å². The monoisotopic (exact) mass is 233 g/mol. The molecule has 1 atom stereocenters. The van der Waals surface area contributed by atoms with E-state index in [2.05, 4.69) is 51.2 Å². The summed E-state index contributed by atoms with van der Waals surface area (Å²) in [5.41, 5.74) is 4.28. The van der Waals surface area contributed by atoms with Crippen LogP contribution in [0, 0.1) is 25.7 Å². The molecule has 0 saturated carbocycles. The van der Waals surface area contributed by atoms with E-state index in [1.807, 2.05) is 7.05 Å². The van der Waals surface area contributed by atoms with Crippen LogP contribution in [0.5, 0.6) is 0 Å². The Labute approximate surface area is 107 Å². The first-order valence-electron chi connectivity index (χ1n) is 6.73. The minimum Gasteiger partial charge on any atom is -0.319 e. The second-order valence-corrected chi connectivity index (χ2v) is 5.68. The van der Waals surface area contributed by atoms with E-state index in [1.54, 1.807) is 0 Å². The van der Waals surface area contributed by atoms with Crippen LogP contribution >= 0.6 is 0 Å². The lowest BCUT2D eigenvalue weighted by atomic mass is 9.90. The normalized spacial score (nSPS) is 13.1. The van der Waals surface area contributed by atoms with Crippen molar-refractivity contribution in [1.29, 1.82) is 0 Å². The fourth-order valence-corrected chi connectivity index (χ4v) is 2.46. The van der Waals surface area contributed by atoms with Gasteiger partial charge in [-0.05, 0) is 68.8 Å². The highest BCUT2D eigenvalue weighted by Gasteiger charge is 2.11. The summed E-state index contributed by atoms with van der Waals surface area (Å²) in [7, 11) is 2.05. The van der Waals surface area contributed by atoms with E-state index in [0.29, 0.717) is 0 Å². The van der Waals surface area contributed by atoms with E-state index in [0.717, 1.165) is 18.4 Å². The van der Waals surface area contributed by atoms with Crippen LogP contribution in [0.4, 0.5) is 0 Å². The Hall–Kier alpha value is -0.820. The van der Waals surface area contributed by atoms with Crippen LogP contribution in [0.1, 0.15) is 37.0 Å². The molecule has 1 N–H and O–H groups in total. The Balaban J connectivity index is 2.67. The standard InChI is InChI=1S/C16H27N/c1-12(2)8-16(11-17-5)10-15-7-6-13(3)14(4)9-15/h6-7,9,12,16-17H,8,10-11H2,1-5H3. The maximum Gasteiger partial charge on any atom is -0.00202 e. The lowest BCUT2D eigenvalue weighted by Crippen LogP contribution is -2.22. The molecule has 0 spiro atoms. The third-order valence-corrected chi connectivity index (χ3v) is 3.39. The molecule has 1 aromatic rings. The Bertz CT molecular complexity index is 341. The van der Waals surface area contributed by atoms with E-state index in [1.165, 1.54) is 29.5 Å². The molecule has 0 amide bonds. The van der Waals surface area contributed by atoms with Crippen molar-refractivity contribution >= 4 is 0 Å². The molecular weight excluding hydrogens is 206 g/mol. The van der Waals surface area contributed by atoms with Crippen LogP contribution < -0.4 is 5.32 Å². The maximum atomic E-state index is 3.32. The van der Waals surface area contributed by atoms with Crippen molar-refractivity contribution in [3.8, 4) is 0 Å². The first-order valence-corrected chi connectivity index (χ1v) is 6.73. The Kier molecular flexibility index (Phi) is 5.70. The van der Waals surface area contributed by atoms with E-state index < -0.39 is 0 Å². The average Bonchev–Trinajstić information content (AvgIpc) is 2.23. The van der Waals surface area contributed by atoms with Crippen LogP contribution in [-0.4, -0.2) is 13.6 Å². The van der Waals surface area contributed by atoms with Gasteiger partial charge in [0.05, 0.1) is 0 Å². The van der Waals surface area contributed by atoms with Gasteiger partial charge < -0.3 is 5.32 Å². The summed E-state index contributed by atoms with van der Waals surface area (Å²) in [6.45, 7) is 10.1. The van der Waals surface area contributed by atoms with Crippen molar-refractivity contribution in [3.05, 3.63) is 34.9 Å². The topological polar surface area (TPSA) is 12.0 Å². The Morgan fingerprint density at radius 2 is 1.82 bits per heavy atom. The summed E-state index contributed by atoms with van der Waals surface area (Å²) in [6.07, 6.45) is 2.49. The van der Waals surface area contributed by atoms with Gasteiger partial charge in [-0.2, -0.15) is 0 Å². The predicted molar refractivity (Wildman–Crippen MR) is 76.5 cm³/mol. The second kappa shape index (κ2) is 6.80. The first kappa shape index (κ1) is 14.2. The Morgan fingerprint density at radius 3 is 2.35 bits per heavy atom. The van der Waals surface area contributed by atoms with Crippen molar-refractivity contribution in [3.63, 3.8) is 0 Å². The van der Waals surface area contributed by atoms with Crippen molar-refractivity contribution in [1.82, 2.24) is 5.32 Å². The zero-order valence-corrected chi connectivity index (χ0v) is 12.0. The molecule has 0 aliphatic carbocycles. The molecule has 0 aromatic heterocycles. The van der Waals surface area contributed by atoms with Crippen LogP contribution in [0.25, 0.3) is 0 Å². The molecule has 0 fully saturated rings. The summed E-state index contributed by atoms with van der Waals surface area (Å²) >= 11 is 0. The van der Waals surface area contributed by atoms with Gasteiger partial charge in [0, 0.05) is 0 Å². The van der Waals surface area contributed by atoms with Gasteiger partial charge in [-0.25, -0.2) is 0 Å². The molecule has 1 unspecified atom stereocenters. The minimum absolute atomic E-state index is 0.752. The van der Waals surface area contributed by atoms with Gasteiger partial charge in [-0.15, -0.1) is 0 Å². The van der Waals surface area contributed by atoms with Gasteiger partial charge in [0.2, 0.25) is 0 Å². The molecule has 0 radical (unpaired) electrons. The molecule has 96 valence electrons. The molecule has 17 heavy (non-hydrogen) atoms. The summed E-state index contributed by atoms with van der Waals surface area (Å²) in [5.74, 6) is 1.53. The molecule has 1 nitrogen and oxygen atoms in total. The molecule has 0 saturated heterocycles. The summed E-state index contributed by atoms with van der Waals surface area (Å²) < 4.78 is 0. The van der Waals surface area contributed by atoms with Crippen LogP contribution in [0.15, 0.2) is 18.2 Å². The van der Waals surface area contributed by atoms with E-state index in [-0.39, 0.29) is 0 Å². The quantitative estimate of drug-likeness (QED) is 0.789. The molecular formula is C16H27N. The molecule has 0 bridgehead atoms. The highest BCUT2D eigenvalue weighted by molar-refractivity contribution is 5.30.